The van der Waals surface area contributed by atoms with Gasteiger partial charge in [0, 0.05) is 11.6 Å². The molecule has 0 spiro atoms. The van der Waals surface area contributed by atoms with E-state index in [2.05, 4.69) is 39.4 Å². The number of hydrogen-bond donors (Lipinski definition) is 1. The van der Waals surface area contributed by atoms with Crippen LogP contribution >= 0.6 is 15.9 Å². The second kappa shape index (κ2) is 5.10. The molecule has 2 nitrogen and oxygen atoms in total. The van der Waals surface area contributed by atoms with E-state index in [4.69, 9.17) is 4.74 Å². The van der Waals surface area contributed by atoms with Gasteiger partial charge in [0.25, 0.3) is 0 Å². The zero-order chi connectivity index (χ0) is 10.7. The van der Waals surface area contributed by atoms with Crippen LogP contribution in [0.4, 0.5) is 0 Å². The minimum Gasteiger partial charge on any atom is -0.379 e. The number of benzene rings is 1. The first-order valence-electron chi connectivity index (χ1n) is 5.33. The Morgan fingerprint density at radius 2 is 2.33 bits per heavy atom. The molecule has 1 N–H and O–H groups in total. The van der Waals surface area contributed by atoms with Crippen molar-refractivity contribution in [2.75, 3.05) is 13.7 Å². The molecule has 1 aromatic carbocycles. The van der Waals surface area contributed by atoms with Gasteiger partial charge in [0.05, 0.1) is 12.1 Å². The Morgan fingerprint density at radius 3 is 3.07 bits per heavy atom. The molecule has 2 unspecified atom stereocenters. The number of rotatable bonds is 2. The Kier molecular flexibility index (Phi) is 3.78. The number of hydrogen-bond acceptors (Lipinski definition) is 2. The minimum absolute atomic E-state index is 0.299. The molecule has 82 valence electrons. The summed E-state index contributed by atoms with van der Waals surface area (Å²) in [5.74, 6) is 0. The Bertz CT molecular complexity index is 329. The fraction of sp³-hybridized carbons (Fsp3) is 0.500. The number of piperidine rings is 1. The van der Waals surface area contributed by atoms with E-state index in [9.17, 15) is 0 Å². The summed E-state index contributed by atoms with van der Waals surface area (Å²) in [6, 6.07) is 8.77. The van der Waals surface area contributed by atoms with Crippen molar-refractivity contribution in [1.29, 1.82) is 0 Å². The first kappa shape index (κ1) is 11.1. The largest absolute Gasteiger partial charge is 0.379 e. The van der Waals surface area contributed by atoms with Crippen LogP contribution in [0.3, 0.4) is 0 Å². The molecule has 15 heavy (non-hydrogen) atoms. The van der Waals surface area contributed by atoms with Crippen LogP contribution in [0.15, 0.2) is 28.7 Å². The monoisotopic (exact) mass is 269 g/mol. The smallest absolute Gasteiger partial charge is 0.0766 e. The molecule has 0 aromatic heterocycles. The zero-order valence-electron chi connectivity index (χ0n) is 8.87. The maximum Gasteiger partial charge on any atom is 0.0766 e. The molecule has 1 fully saturated rings. The summed E-state index contributed by atoms with van der Waals surface area (Å²) in [5.41, 5.74) is 1.30. The van der Waals surface area contributed by atoms with E-state index in [1.807, 2.05) is 6.07 Å². The number of ether oxygens (including phenoxy) is 1. The average Bonchev–Trinajstić information content (AvgIpc) is 2.29. The molecular weight excluding hydrogens is 254 g/mol. The quantitative estimate of drug-likeness (QED) is 0.892. The maximum absolute atomic E-state index is 5.52. The predicted octanol–water partition coefficient (Wildman–Crippen LogP) is 2.89. The van der Waals surface area contributed by atoms with Crippen molar-refractivity contribution < 1.29 is 4.74 Å². The Morgan fingerprint density at radius 1 is 1.47 bits per heavy atom. The SMILES string of the molecule is COC1CCCNC1c1cccc(Br)c1. The van der Waals surface area contributed by atoms with Gasteiger partial charge < -0.3 is 10.1 Å². The highest BCUT2D eigenvalue weighted by Gasteiger charge is 2.25. The van der Waals surface area contributed by atoms with Crippen molar-refractivity contribution in [3.8, 4) is 0 Å². The molecule has 1 heterocycles. The maximum atomic E-state index is 5.52. The van der Waals surface area contributed by atoms with E-state index >= 15 is 0 Å². The van der Waals surface area contributed by atoms with Gasteiger partial charge in [-0.3, -0.25) is 0 Å². The summed E-state index contributed by atoms with van der Waals surface area (Å²) in [6.07, 6.45) is 2.64. The number of halogens is 1. The van der Waals surface area contributed by atoms with Crippen LogP contribution in [0, 0.1) is 0 Å². The van der Waals surface area contributed by atoms with Crippen molar-refractivity contribution in [2.45, 2.75) is 25.0 Å². The summed E-state index contributed by atoms with van der Waals surface area (Å²) in [6.45, 7) is 1.08. The van der Waals surface area contributed by atoms with Gasteiger partial charge in [-0.25, -0.2) is 0 Å². The summed E-state index contributed by atoms with van der Waals surface area (Å²) in [4.78, 5) is 0. The number of nitrogens with one attached hydrogen (secondary N) is 1. The zero-order valence-corrected chi connectivity index (χ0v) is 10.5. The van der Waals surface area contributed by atoms with E-state index in [1.54, 1.807) is 7.11 Å². The highest BCUT2D eigenvalue weighted by molar-refractivity contribution is 9.10. The van der Waals surface area contributed by atoms with Crippen LogP contribution in [0.25, 0.3) is 0 Å². The summed E-state index contributed by atoms with van der Waals surface area (Å²) < 4.78 is 6.65. The molecule has 1 aliphatic heterocycles. The van der Waals surface area contributed by atoms with E-state index in [1.165, 1.54) is 12.0 Å². The lowest BCUT2D eigenvalue weighted by Gasteiger charge is -2.32. The molecule has 3 heteroatoms. The number of methoxy groups -OCH3 is 1. The first-order valence-corrected chi connectivity index (χ1v) is 6.12. The normalized spacial score (nSPS) is 26.5. The molecule has 0 saturated carbocycles. The molecule has 2 atom stereocenters. The minimum atomic E-state index is 0.299. The summed E-state index contributed by atoms with van der Waals surface area (Å²) >= 11 is 3.50. The van der Waals surface area contributed by atoms with Crippen LogP contribution in [0.1, 0.15) is 24.4 Å². The fourth-order valence-corrected chi connectivity index (χ4v) is 2.56. The second-order valence-corrected chi connectivity index (χ2v) is 4.82. The molecular formula is C12H16BrNO. The van der Waals surface area contributed by atoms with E-state index < -0.39 is 0 Å². The Hall–Kier alpha value is -0.380. The second-order valence-electron chi connectivity index (χ2n) is 3.90. The van der Waals surface area contributed by atoms with Gasteiger partial charge in [0.15, 0.2) is 0 Å². The topological polar surface area (TPSA) is 21.3 Å². The van der Waals surface area contributed by atoms with Gasteiger partial charge in [0.2, 0.25) is 0 Å². The van der Waals surface area contributed by atoms with Gasteiger partial charge in [-0.15, -0.1) is 0 Å². The predicted molar refractivity (Wildman–Crippen MR) is 64.9 cm³/mol. The molecule has 0 bridgehead atoms. The molecule has 0 aliphatic carbocycles. The van der Waals surface area contributed by atoms with Crippen LogP contribution in [-0.4, -0.2) is 19.8 Å². The van der Waals surface area contributed by atoms with Gasteiger partial charge >= 0.3 is 0 Å². The van der Waals surface area contributed by atoms with Gasteiger partial charge in [0.1, 0.15) is 0 Å². The van der Waals surface area contributed by atoms with Gasteiger partial charge in [-0.05, 0) is 37.1 Å². The van der Waals surface area contributed by atoms with E-state index in [0.717, 1.165) is 17.4 Å². The van der Waals surface area contributed by atoms with E-state index in [-0.39, 0.29) is 0 Å². The molecule has 1 saturated heterocycles. The van der Waals surface area contributed by atoms with Gasteiger partial charge in [-0.2, -0.15) is 0 Å². The van der Waals surface area contributed by atoms with Crippen molar-refractivity contribution in [3.05, 3.63) is 34.3 Å². The summed E-state index contributed by atoms with van der Waals surface area (Å²) in [7, 11) is 1.79. The molecule has 0 amide bonds. The highest BCUT2D eigenvalue weighted by atomic mass is 79.9. The van der Waals surface area contributed by atoms with Crippen molar-refractivity contribution >= 4 is 15.9 Å². The van der Waals surface area contributed by atoms with Crippen molar-refractivity contribution in [2.24, 2.45) is 0 Å². The average molecular weight is 270 g/mol. The Labute approximate surface area is 99.1 Å². The summed E-state index contributed by atoms with van der Waals surface area (Å²) in [5, 5.41) is 3.52. The van der Waals surface area contributed by atoms with Crippen LogP contribution in [-0.2, 0) is 4.74 Å². The third-order valence-electron chi connectivity index (χ3n) is 2.91. The van der Waals surface area contributed by atoms with Crippen molar-refractivity contribution in [1.82, 2.24) is 5.32 Å². The molecule has 1 aliphatic rings. The van der Waals surface area contributed by atoms with Crippen LogP contribution < -0.4 is 5.32 Å². The van der Waals surface area contributed by atoms with Crippen molar-refractivity contribution in [3.63, 3.8) is 0 Å². The third-order valence-corrected chi connectivity index (χ3v) is 3.41. The standard InChI is InChI=1S/C12H16BrNO/c1-15-11-6-3-7-14-12(11)9-4-2-5-10(13)8-9/h2,4-5,8,11-12,14H,3,6-7H2,1H3. The lowest BCUT2D eigenvalue weighted by molar-refractivity contribution is 0.0451. The first-order chi connectivity index (χ1) is 7.31. The van der Waals surface area contributed by atoms with E-state index in [0.29, 0.717) is 12.1 Å². The lowest BCUT2D eigenvalue weighted by atomic mass is 9.94. The fourth-order valence-electron chi connectivity index (χ4n) is 2.15. The Balaban J connectivity index is 2.20. The molecule has 0 radical (unpaired) electrons. The van der Waals surface area contributed by atoms with Crippen LogP contribution in [0.5, 0.6) is 0 Å². The van der Waals surface area contributed by atoms with Gasteiger partial charge in [-0.1, -0.05) is 28.1 Å². The van der Waals surface area contributed by atoms with Crippen LogP contribution in [0.2, 0.25) is 0 Å². The molecule has 1 aromatic rings. The molecule has 2 rings (SSSR count). The highest BCUT2D eigenvalue weighted by Crippen LogP contribution is 2.27. The lowest BCUT2D eigenvalue weighted by Crippen LogP contribution is -2.38. The third kappa shape index (κ3) is 2.60.